The molecule has 0 radical (unpaired) electrons. The molecule has 4 fully saturated rings. The molecule has 6 unspecified atom stereocenters. The molecule has 27 heavy (non-hydrogen) atoms. The summed E-state index contributed by atoms with van der Waals surface area (Å²) >= 11 is 0. The van der Waals surface area contributed by atoms with Crippen LogP contribution in [-0.2, 0) is 10.2 Å². The van der Waals surface area contributed by atoms with Crippen molar-refractivity contribution in [2.24, 2.45) is 11.8 Å². The van der Waals surface area contributed by atoms with Crippen LogP contribution >= 0.6 is 0 Å². The minimum Gasteiger partial charge on any atom is -0.498 e. The SMILES string of the molecule is COc1cc2c(cc1OC)C13CCN4CC5=COC6CCN2C1C6C5CC43. The van der Waals surface area contributed by atoms with Gasteiger partial charge in [-0.1, -0.05) is 0 Å². The molecule has 0 amide bonds. The number of methoxy groups -OCH3 is 2. The molecule has 1 saturated carbocycles. The average molecular weight is 366 g/mol. The summed E-state index contributed by atoms with van der Waals surface area (Å²) in [6.07, 6.45) is 6.21. The topological polar surface area (TPSA) is 34.2 Å². The largest absolute Gasteiger partial charge is 0.498 e. The van der Waals surface area contributed by atoms with E-state index in [9.17, 15) is 0 Å². The Hall–Kier alpha value is -1.88. The van der Waals surface area contributed by atoms with Gasteiger partial charge in [-0.25, -0.2) is 0 Å². The van der Waals surface area contributed by atoms with Crippen LogP contribution in [0, 0.1) is 11.8 Å². The maximum absolute atomic E-state index is 6.32. The molecule has 6 aliphatic rings. The smallest absolute Gasteiger partial charge is 0.162 e. The van der Waals surface area contributed by atoms with Gasteiger partial charge in [0, 0.05) is 54.7 Å². The Morgan fingerprint density at radius 1 is 1.15 bits per heavy atom. The first-order chi connectivity index (χ1) is 13.3. The maximum atomic E-state index is 6.32. The maximum Gasteiger partial charge on any atom is 0.162 e. The van der Waals surface area contributed by atoms with E-state index >= 15 is 0 Å². The number of rotatable bonds is 2. The lowest BCUT2D eigenvalue weighted by Crippen LogP contribution is -2.69. The summed E-state index contributed by atoms with van der Waals surface area (Å²) < 4.78 is 17.7. The van der Waals surface area contributed by atoms with Crippen molar-refractivity contribution >= 4 is 5.69 Å². The van der Waals surface area contributed by atoms with E-state index in [1.807, 2.05) is 0 Å². The van der Waals surface area contributed by atoms with Crippen LogP contribution in [0.15, 0.2) is 24.0 Å². The summed E-state index contributed by atoms with van der Waals surface area (Å²) in [7, 11) is 3.50. The summed E-state index contributed by atoms with van der Waals surface area (Å²) in [4.78, 5) is 5.46. The molecule has 0 aromatic heterocycles. The van der Waals surface area contributed by atoms with Crippen molar-refractivity contribution in [3.8, 4) is 11.5 Å². The summed E-state index contributed by atoms with van der Waals surface area (Å²) in [6.45, 7) is 3.39. The van der Waals surface area contributed by atoms with Crippen LogP contribution in [0.4, 0.5) is 5.69 Å². The quantitative estimate of drug-likeness (QED) is 0.804. The van der Waals surface area contributed by atoms with Crippen LogP contribution < -0.4 is 14.4 Å². The fourth-order valence-corrected chi connectivity index (χ4v) is 7.81. The van der Waals surface area contributed by atoms with E-state index in [0.717, 1.165) is 31.0 Å². The van der Waals surface area contributed by atoms with Gasteiger partial charge in [-0.15, -0.1) is 0 Å². The molecule has 3 saturated heterocycles. The average Bonchev–Trinajstić information content (AvgIpc) is 3.24. The van der Waals surface area contributed by atoms with Crippen LogP contribution in [0.5, 0.6) is 11.5 Å². The monoisotopic (exact) mass is 366 g/mol. The molecule has 5 heteroatoms. The first-order valence-electron chi connectivity index (χ1n) is 10.4. The lowest BCUT2D eigenvalue weighted by atomic mass is 9.53. The highest BCUT2D eigenvalue weighted by Gasteiger charge is 2.70. The van der Waals surface area contributed by atoms with E-state index in [-0.39, 0.29) is 5.41 Å². The zero-order valence-corrected chi connectivity index (χ0v) is 16.0. The second-order valence-corrected chi connectivity index (χ2v) is 9.21. The van der Waals surface area contributed by atoms with Crippen molar-refractivity contribution in [2.45, 2.75) is 42.9 Å². The third-order valence-electron chi connectivity index (χ3n) is 8.67. The third-order valence-corrected chi connectivity index (χ3v) is 8.67. The molecule has 1 aromatic carbocycles. The Bertz CT molecular complexity index is 883. The van der Waals surface area contributed by atoms with Gasteiger partial charge < -0.3 is 19.1 Å². The Labute approximate surface area is 159 Å². The molecule has 2 bridgehead atoms. The highest BCUT2D eigenvalue weighted by molar-refractivity contribution is 5.72. The molecule has 1 aliphatic carbocycles. The fraction of sp³-hybridized carbons (Fsp3) is 0.636. The van der Waals surface area contributed by atoms with Crippen LogP contribution in [0.3, 0.4) is 0 Å². The van der Waals surface area contributed by atoms with Crippen LogP contribution in [0.1, 0.15) is 24.8 Å². The molecular weight excluding hydrogens is 340 g/mol. The van der Waals surface area contributed by atoms with Gasteiger partial charge in [0.2, 0.25) is 0 Å². The molecular formula is C22H26N2O3. The standard InChI is InChI=1S/C22H26N2O3/c1-25-17-8-14-15(9-18(17)26-2)24-5-3-16-20-13-7-19-22(14,21(20)24)4-6-23(19)10-12(13)11-27-16/h8-9,11,13,16,19-21H,3-7,10H2,1-2H3. The first kappa shape index (κ1) is 15.1. The lowest BCUT2D eigenvalue weighted by Gasteiger charge is -2.61. The third kappa shape index (κ3) is 1.52. The number of anilines is 1. The van der Waals surface area contributed by atoms with Crippen molar-refractivity contribution in [3.63, 3.8) is 0 Å². The molecule has 0 N–H and O–H groups in total. The summed E-state index contributed by atoms with van der Waals surface area (Å²) in [5.74, 6) is 3.06. The number of piperidine rings is 2. The number of hydrogen-bond acceptors (Lipinski definition) is 5. The fourth-order valence-electron chi connectivity index (χ4n) is 7.81. The van der Waals surface area contributed by atoms with Gasteiger partial charge in [-0.3, -0.25) is 4.90 Å². The van der Waals surface area contributed by atoms with Gasteiger partial charge in [-0.2, -0.15) is 0 Å². The van der Waals surface area contributed by atoms with Crippen molar-refractivity contribution in [1.29, 1.82) is 0 Å². The predicted octanol–water partition coefficient (Wildman–Crippen LogP) is 2.54. The van der Waals surface area contributed by atoms with Gasteiger partial charge >= 0.3 is 0 Å². The van der Waals surface area contributed by atoms with Crippen molar-refractivity contribution < 1.29 is 14.2 Å². The number of hydrogen-bond donors (Lipinski definition) is 0. The predicted molar refractivity (Wildman–Crippen MR) is 102 cm³/mol. The number of fused-ring (bicyclic) bond motifs is 2. The Balaban J connectivity index is 1.51. The summed E-state index contributed by atoms with van der Waals surface area (Å²) in [5.41, 5.74) is 4.67. The second kappa shape index (κ2) is 4.75. The van der Waals surface area contributed by atoms with E-state index in [0.29, 0.717) is 30.0 Å². The van der Waals surface area contributed by atoms with E-state index < -0.39 is 0 Å². The molecule has 5 aliphatic heterocycles. The van der Waals surface area contributed by atoms with E-state index in [2.05, 4.69) is 28.2 Å². The van der Waals surface area contributed by atoms with Gasteiger partial charge in [0.05, 0.1) is 20.5 Å². The van der Waals surface area contributed by atoms with Gasteiger partial charge in [-0.05, 0) is 42.5 Å². The minimum absolute atomic E-state index is 0.223. The highest BCUT2D eigenvalue weighted by atomic mass is 16.5. The Morgan fingerprint density at radius 3 is 2.85 bits per heavy atom. The zero-order chi connectivity index (χ0) is 17.9. The van der Waals surface area contributed by atoms with Crippen molar-refractivity contribution in [3.05, 3.63) is 29.5 Å². The van der Waals surface area contributed by atoms with Gasteiger partial charge in [0.15, 0.2) is 11.5 Å². The highest BCUT2D eigenvalue weighted by Crippen LogP contribution is 2.66. The normalized spacial score (nSPS) is 42.4. The number of ether oxygens (including phenoxy) is 3. The van der Waals surface area contributed by atoms with Crippen LogP contribution in [-0.4, -0.2) is 56.9 Å². The molecule has 142 valence electrons. The number of nitrogens with zero attached hydrogens (tertiary/aromatic N) is 2. The summed E-state index contributed by atoms with van der Waals surface area (Å²) in [6, 6.07) is 5.76. The summed E-state index contributed by atoms with van der Waals surface area (Å²) in [5, 5.41) is 0. The molecule has 6 atom stereocenters. The zero-order valence-electron chi connectivity index (χ0n) is 16.0. The molecule has 1 aromatic rings. The van der Waals surface area contributed by atoms with Crippen LogP contribution in [0.2, 0.25) is 0 Å². The molecule has 7 rings (SSSR count). The van der Waals surface area contributed by atoms with Gasteiger partial charge in [0.1, 0.15) is 6.10 Å². The van der Waals surface area contributed by atoms with Gasteiger partial charge in [0.25, 0.3) is 0 Å². The Morgan fingerprint density at radius 2 is 2.00 bits per heavy atom. The first-order valence-corrected chi connectivity index (χ1v) is 10.4. The molecule has 5 heterocycles. The van der Waals surface area contributed by atoms with E-state index in [4.69, 9.17) is 14.2 Å². The van der Waals surface area contributed by atoms with Crippen molar-refractivity contribution in [2.75, 3.05) is 38.8 Å². The second-order valence-electron chi connectivity index (χ2n) is 9.21. The van der Waals surface area contributed by atoms with E-state index in [1.54, 1.807) is 19.8 Å². The number of benzene rings is 1. The van der Waals surface area contributed by atoms with Crippen LogP contribution in [0.25, 0.3) is 0 Å². The van der Waals surface area contributed by atoms with Crippen molar-refractivity contribution in [1.82, 2.24) is 4.90 Å². The molecule has 1 spiro atoms. The minimum atomic E-state index is 0.223. The molecule has 5 nitrogen and oxygen atoms in total. The Kier molecular flexibility index (Phi) is 2.65. The van der Waals surface area contributed by atoms with E-state index in [1.165, 1.54) is 30.6 Å². The lowest BCUT2D eigenvalue weighted by molar-refractivity contribution is -0.0632.